The Bertz CT molecular complexity index is 970. The third-order valence-corrected chi connectivity index (χ3v) is 6.02. The van der Waals surface area contributed by atoms with Gasteiger partial charge >= 0.3 is 12.2 Å². The van der Waals surface area contributed by atoms with Gasteiger partial charge in [0.05, 0.1) is 22.3 Å². The lowest BCUT2D eigenvalue weighted by atomic mass is 10.1. The topological polar surface area (TPSA) is 99.2 Å². The Hall–Kier alpha value is -2.78. The van der Waals surface area contributed by atoms with Crippen LogP contribution in [0.3, 0.4) is 0 Å². The zero-order chi connectivity index (χ0) is 22.8. The number of anilines is 1. The Morgan fingerprint density at radius 2 is 1.94 bits per heavy atom. The van der Waals surface area contributed by atoms with Crippen molar-refractivity contribution >= 4 is 46.7 Å². The summed E-state index contributed by atoms with van der Waals surface area (Å²) in [6, 6.07) is 10.4. The van der Waals surface area contributed by atoms with Crippen LogP contribution in [0.4, 0.5) is 15.3 Å². The molecule has 0 spiro atoms. The molecule has 1 aromatic carbocycles. The van der Waals surface area contributed by atoms with E-state index in [1.54, 1.807) is 36.4 Å². The number of nitrogens with one attached hydrogen (secondary N) is 1. The molecule has 8 nitrogen and oxygen atoms in total. The number of rotatable bonds is 6. The molecule has 0 aliphatic carbocycles. The summed E-state index contributed by atoms with van der Waals surface area (Å²) >= 11 is 7.02. The summed E-state index contributed by atoms with van der Waals surface area (Å²) in [7, 11) is 0. The van der Waals surface area contributed by atoms with E-state index in [0.29, 0.717) is 21.4 Å². The number of carboxylic acid groups (broad SMARTS) is 1. The minimum Gasteiger partial charge on any atom is -0.465 e. The van der Waals surface area contributed by atoms with Crippen molar-refractivity contribution in [3.05, 3.63) is 51.2 Å². The van der Waals surface area contributed by atoms with E-state index in [-0.39, 0.29) is 19.0 Å². The lowest BCUT2D eigenvalue weighted by Gasteiger charge is -2.33. The summed E-state index contributed by atoms with van der Waals surface area (Å²) < 4.78 is 5.88. The molecular formula is C21H24ClN3O5S. The SMILES string of the molecule is CC(C)(C)N(Cc1ccc(N2CC(CNC(=O)c3ccc(Cl)s3)OC2=O)cc1)C(=O)O. The minimum atomic E-state index is -0.991. The molecule has 2 N–H and O–H groups in total. The van der Waals surface area contributed by atoms with Crippen molar-refractivity contribution in [2.75, 3.05) is 18.0 Å². The number of thiophene rings is 1. The largest absolute Gasteiger partial charge is 0.465 e. The molecule has 0 bridgehead atoms. The van der Waals surface area contributed by atoms with Gasteiger partial charge in [0.2, 0.25) is 0 Å². The molecule has 1 saturated heterocycles. The number of amides is 3. The number of halogens is 1. The molecule has 1 aliphatic rings. The highest BCUT2D eigenvalue weighted by molar-refractivity contribution is 7.18. The monoisotopic (exact) mass is 465 g/mol. The number of carbonyl (C=O) groups excluding carboxylic acids is 2. The van der Waals surface area contributed by atoms with E-state index in [4.69, 9.17) is 16.3 Å². The van der Waals surface area contributed by atoms with Crippen LogP contribution in [0.25, 0.3) is 0 Å². The van der Waals surface area contributed by atoms with E-state index in [0.717, 1.165) is 5.56 Å². The van der Waals surface area contributed by atoms with E-state index >= 15 is 0 Å². The van der Waals surface area contributed by atoms with Gasteiger partial charge in [0, 0.05) is 17.8 Å². The Balaban J connectivity index is 1.58. The van der Waals surface area contributed by atoms with Gasteiger partial charge in [-0.2, -0.15) is 0 Å². The van der Waals surface area contributed by atoms with E-state index in [1.165, 1.54) is 21.1 Å². The summed E-state index contributed by atoms with van der Waals surface area (Å²) in [5, 5.41) is 12.2. The normalized spacial score (nSPS) is 16.2. The molecule has 3 amide bonds. The first-order chi connectivity index (χ1) is 14.5. The van der Waals surface area contributed by atoms with Crippen molar-refractivity contribution in [3.8, 4) is 0 Å². The number of nitrogens with zero attached hydrogens (tertiary/aromatic N) is 2. The van der Waals surface area contributed by atoms with Crippen LogP contribution in [0.5, 0.6) is 0 Å². The Morgan fingerprint density at radius 3 is 2.48 bits per heavy atom. The number of benzene rings is 1. The second kappa shape index (κ2) is 9.15. The van der Waals surface area contributed by atoms with Gasteiger partial charge in [-0.15, -0.1) is 11.3 Å². The first-order valence-electron chi connectivity index (χ1n) is 9.66. The average molecular weight is 466 g/mol. The van der Waals surface area contributed by atoms with Gasteiger partial charge in [-0.3, -0.25) is 14.6 Å². The molecule has 0 radical (unpaired) electrons. The van der Waals surface area contributed by atoms with Crippen molar-refractivity contribution < 1.29 is 24.2 Å². The van der Waals surface area contributed by atoms with Crippen LogP contribution in [0, 0.1) is 0 Å². The lowest BCUT2D eigenvalue weighted by molar-refractivity contribution is 0.0918. The second-order valence-corrected chi connectivity index (χ2v) is 9.85. The van der Waals surface area contributed by atoms with Crippen molar-refractivity contribution in [2.24, 2.45) is 0 Å². The Kier molecular flexibility index (Phi) is 6.76. The van der Waals surface area contributed by atoms with Crippen LogP contribution in [-0.4, -0.2) is 52.8 Å². The van der Waals surface area contributed by atoms with E-state index in [1.807, 2.05) is 20.8 Å². The van der Waals surface area contributed by atoms with E-state index < -0.39 is 23.8 Å². The Morgan fingerprint density at radius 1 is 1.26 bits per heavy atom. The molecular weight excluding hydrogens is 442 g/mol. The van der Waals surface area contributed by atoms with Crippen LogP contribution in [0.1, 0.15) is 36.0 Å². The highest BCUT2D eigenvalue weighted by atomic mass is 35.5. The maximum atomic E-state index is 12.3. The maximum absolute atomic E-state index is 12.3. The van der Waals surface area contributed by atoms with Crippen molar-refractivity contribution in [1.29, 1.82) is 0 Å². The van der Waals surface area contributed by atoms with Gasteiger partial charge < -0.3 is 15.2 Å². The molecule has 166 valence electrons. The predicted molar refractivity (Wildman–Crippen MR) is 119 cm³/mol. The van der Waals surface area contributed by atoms with E-state index in [9.17, 15) is 19.5 Å². The zero-order valence-electron chi connectivity index (χ0n) is 17.4. The summed E-state index contributed by atoms with van der Waals surface area (Å²) in [6.07, 6.45) is -1.96. The van der Waals surface area contributed by atoms with Crippen LogP contribution in [-0.2, 0) is 11.3 Å². The number of cyclic esters (lactones) is 1. The van der Waals surface area contributed by atoms with Crippen molar-refractivity contribution in [3.63, 3.8) is 0 Å². The first kappa shape index (κ1) is 22.9. The summed E-state index contributed by atoms with van der Waals surface area (Å²) in [4.78, 5) is 39.3. The molecule has 31 heavy (non-hydrogen) atoms. The summed E-state index contributed by atoms with van der Waals surface area (Å²) in [5.74, 6) is -0.266. The zero-order valence-corrected chi connectivity index (χ0v) is 19.0. The predicted octanol–water partition coefficient (Wildman–Crippen LogP) is 4.44. The molecule has 2 heterocycles. The van der Waals surface area contributed by atoms with Gasteiger partial charge in [-0.1, -0.05) is 23.7 Å². The summed E-state index contributed by atoms with van der Waals surface area (Å²) in [6.45, 7) is 6.23. The molecule has 1 fully saturated rings. The number of hydrogen-bond acceptors (Lipinski definition) is 5. The molecule has 0 saturated carbocycles. The molecule has 10 heteroatoms. The fourth-order valence-electron chi connectivity index (χ4n) is 3.12. The minimum absolute atomic E-state index is 0.188. The Labute approximate surface area is 189 Å². The van der Waals surface area contributed by atoms with Gasteiger partial charge in [-0.25, -0.2) is 9.59 Å². The molecule has 1 aromatic heterocycles. The van der Waals surface area contributed by atoms with Crippen LogP contribution in [0.2, 0.25) is 4.34 Å². The van der Waals surface area contributed by atoms with Crippen LogP contribution >= 0.6 is 22.9 Å². The van der Waals surface area contributed by atoms with Gasteiger partial charge in [0.25, 0.3) is 5.91 Å². The molecule has 2 aromatic rings. The fourth-order valence-corrected chi connectivity index (χ4v) is 4.08. The van der Waals surface area contributed by atoms with Crippen LogP contribution < -0.4 is 10.2 Å². The third kappa shape index (κ3) is 5.68. The fraction of sp³-hybridized carbons (Fsp3) is 0.381. The molecule has 1 aliphatic heterocycles. The summed E-state index contributed by atoms with van der Waals surface area (Å²) in [5.41, 5.74) is 0.923. The second-order valence-electron chi connectivity index (χ2n) is 8.14. The number of hydrogen-bond donors (Lipinski definition) is 2. The van der Waals surface area contributed by atoms with Crippen molar-refractivity contribution in [2.45, 2.75) is 39.0 Å². The van der Waals surface area contributed by atoms with Crippen molar-refractivity contribution in [1.82, 2.24) is 10.2 Å². The highest BCUT2D eigenvalue weighted by Crippen LogP contribution is 2.24. The quantitative estimate of drug-likeness (QED) is 0.657. The highest BCUT2D eigenvalue weighted by Gasteiger charge is 2.33. The molecule has 3 rings (SSSR count). The third-order valence-electron chi connectivity index (χ3n) is 4.79. The standard InChI is InChI=1S/C21H24ClN3O5S/c1-21(2,3)25(19(27)28)11-13-4-6-14(7-5-13)24-12-15(30-20(24)29)10-23-18(26)16-8-9-17(22)31-16/h4-9,15H,10-12H2,1-3H3,(H,23,26)(H,27,28). The van der Waals surface area contributed by atoms with Crippen LogP contribution in [0.15, 0.2) is 36.4 Å². The molecule has 1 unspecified atom stereocenters. The maximum Gasteiger partial charge on any atom is 0.414 e. The number of carbonyl (C=O) groups is 3. The average Bonchev–Trinajstić information content (AvgIpc) is 3.29. The van der Waals surface area contributed by atoms with Gasteiger partial charge in [-0.05, 0) is 50.6 Å². The first-order valence-corrected chi connectivity index (χ1v) is 10.9. The molecule has 1 atom stereocenters. The van der Waals surface area contributed by atoms with E-state index in [2.05, 4.69) is 5.32 Å². The van der Waals surface area contributed by atoms with Gasteiger partial charge in [0.15, 0.2) is 0 Å². The van der Waals surface area contributed by atoms with Gasteiger partial charge in [0.1, 0.15) is 6.10 Å². The smallest absolute Gasteiger partial charge is 0.414 e. The lowest BCUT2D eigenvalue weighted by Crippen LogP contribution is -2.44. The number of ether oxygens (including phenoxy) is 1.